The Morgan fingerprint density at radius 2 is 1.75 bits per heavy atom. The van der Waals surface area contributed by atoms with E-state index >= 15 is 0 Å². The molecule has 9 atom stereocenters. The second kappa shape index (κ2) is 14.9. The number of likely N-dealkylation sites (N-methyl/N-ethyl adjacent to an activating group) is 1. The number of nitrogens with one attached hydrogen (secondary N) is 3. The van der Waals surface area contributed by atoms with Crippen LogP contribution in [0.25, 0.3) is 10.9 Å². The lowest BCUT2D eigenvalue weighted by Crippen LogP contribution is -2.62. The molecular weight excluding hydrogens is 808 g/mol. The summed E-state index contributed by atoms with van der Waals surface area (Å²) in [5.74, 6) is 2.29. The van der Waals surface area contributed by atoms with Crippen LogP contribution in [0.15, 0.2) is 85.1 Å². The monoisotopic (exact) mass is 861 g/mol. The van der Waals surface area contributed by atoms with Crippen molar-refractivity contribution < 1.29 is 37.0 Å². The normalized spacial score (nSPS) is 31.5. The van der Waals surface area contributed by atoms with Gasteiger partial charge in [-0.3, -0.25) is 14.4 Å². The molecule has 0 unspecified atom stereocenters. The minimum atomic E-state index is -4.50. The predicted octanol–water partition coefficient (Wildman–Crippen LogP) is 9.06. The van der Waals surface area contributed by atoms with E-state index in [9.17, 15) is 27.6 Å². The van der Waals surface area contributed by atoms with Gasteiger partial charge in [-0.2, -0.15) is 13.2 Å². The summed E-state index contributed by atoms with van der Waals surface area (Å²) < 4.78 is 51.7. The van der Waals surface area contributed by atoms with Crippen LogP contribution in [-0.2, 0) is 27.0 Å². The Bertz CT molecular complexity index is 2590. The molecule has 4 aromatic rings. The molecule has 4 aliphatic heterocycles. The zero-order valence-electron chi connectivity index (χ0n) is 36.1. The first-order valence-electron chi connectivity index (χ1n) is 22.2. The maximum Gasteiger partial charge on any atom is 0.418 e. The fraction of sp³-hybridized carbons (Fsp3) is 0.460. The van der Waals surface area contributed by atoms with Crippen LogP contribution in [-0.4, -0.2) is 65.0 Å². The number of amides is 3. The Morgan fingerprint density at radius 3 is 2.56 bits per heavy atom. The zero-order valence-corrected chi connectivity index (χ0v) is 36.1. The number of halogens is 3. The first kappa shape index (κ1) is 41.3. The topological polar surface area (TPSA) is 116 Å². The Morgan fingerprint density at radius 1 is 0.952 bits per heavy atom. The Labute approximate surface area is 365 Å². The second-order valence-corrected chi connectivity index (χ2v) is 19.4. The quantitative estimate of drug-likeness (QED) is 0.190. The summed E-state index contributed by atoms with van der Waals surface area (Å²) in [4.78, 5) is 46.3. The summed E-state index contributed by atoms with van der Waals surface area (Å²) in [7, 11) is 1.69. The molecule has 1 aromatic heterocycles. The highest BCUT2D eigenvalue weighted by atomic mass is 19.4. The van der Waals surface area contributed by atoms with Crippen molar-refractivity contribution in [3.63, 3.8) is 0 Å². The third-order valence-electron chi connectivity index (χ3n) is 16.0. The summed E-state index contributed by atoms with van der Waals surface area (Å²) in [5.41, 5.74) is 4.65. The number of aromatic amines is 1. The number of anilines is 1. The summed E-state index contributed by atoms with van der Waals surface area (Å²) in [6, 6.07) is 17.3. The van der Waals surface area contributed by atoms with E-state index in [0.717, 1.165) is 78.0 Å². The van der Waals surface area contributed by atoms with Gasteiger partial charge in [0.1, 0.15) is 6.04 Å². The standard InChI is InChI=1S/C28H35F3N2O.C22H19N3O4/c1-16-5-7-21(28(29,30)31)23(15-16)33-25(34)22-9-8-19-18-6-10-24-27(4,13-11-17(2)32-24)20(18)12-14-26(19,22)3;1-24-10-19(26)25-16(22(24)27)9-14-13-4-2-3-5-15(13)23-20(14)21(25)12-6-7-17-18(8-12)29-11-28-17/h5,7,11,13,15,18-20,22,24,32H,2,6,8-10,12,14H2,1,3-4H3,(H,33,34);2-8,16,21,23H,9-11H2,1H3/t18-,19-,20-,22+,24+,26-,27+;16-,21-/m01/s1. The first-order valence-corrected chi connectivity index (χ1v) is 22.2. The maximum absolute atomic E-state index is 13.6. The molecule has 10 nitrogen and oxygen atoms in total. The Hall–Kier alpha value is -5.72. The van der Waals surface area contributed by atoms with E-state index in [1.807, 2.05) is 36.4 Å². The molecule has 11 rings (SSSR count). The smallest absolute Gasteiger partial charge is 0.418 e. The predicted molar refractivity (Wildman–Crippen MR) is 233 cm³/mol. The van der Waals surface area contributed by atoms with E-state index in [0.29, 0.717) is 47.3 Å². The summed E-state index contributed by atoms with van der Waals surface area (Å²) in [5, 5.41) is 7.40. The number of fused-ring (bicyclic) bond motifs is 10. The highest BCUT2D eigenvalue weighted by Crippen LogP contribution is 2.65. The summed E-state index contributed by atoms with van der Waals surface area (Å²) in [6.45, 7) is 10.7. The number of benzene rings is 3. The van der Waals surface area contributed by atoms with E-state index in [1.54, 1.807) is 18.9 Å². The van der Waals surface area contributed by atoms with Crippen LogP contribution >= 0.6 is 0 Å². The molecule has 3 amide bonds. The van der Waals surface area contributed by atoms with Gasteiger partial charge in [-0.25, -0.2) is 0 Å². The number of alkyl halides is 3. The van der Waals surface area contributed by atoms with Gasteiger partial charge in [-0.15, -0.1) is 0 Å². The highest BCUT2D eigenvalue weighted by molar-refractivity contribution is 5.97. The van der Waals surface area contributed by atoms with Gasteiger partial charge >= 0.3 is 6.18 Å². The number of carbonyl (C=O) groups excluding carboxylic acids is 3. The molecule has 5 heterocycles. The average Bonchev–Trinajstić information content (AvgIpc) is 3.97. The minimum Gasteiger partial charge on any atom is -0.454 e. The number of hydrogen-bond donors (Lipinski definition) is 3. The molecule has 13 heteroatoms. The van der Waals surface area contributed by atoms with Crippen molar-refractivity contribution in [2.75, 3.05) is 25.7 Å². The molecule has 3 aliphatic carbocycles. The number of allylic oxidation sites excluding steroid dienone is 1. The van der Waals surface area contributed by atoms with Crippen molar-refractivity contribution in [2.24, 2.45) is 34.5 Å². The van der Waals surface area contributed by atoms with E-state index in [1.165, 1.54) is 17.0 Å². The number of rotatable bonds is 3. The number of para-hydroxylation sites is 1. The summed E-state index contributed by atoms with van der Waals surface area (Å²) in [6.07, 6.45) is 6.39. The highest BCUT2D eigenvalue weighted by Gasteiger charge is 2.61. The van der Waals surface area contributed by atoms with Crippen molar-refractivity contribution in [2.45, 2.75) is 90.0 Å². The Kier molecular flexibility index (Phi) is 9.80. The van der Waals surface area contributed by atoms with Crippen LogP contribution < -0.4 is 20.1 Å². The van der Waals surface area contributed by atoms with Gasteiger partial charge < -0.3 is 34.9 Å². The van der Waals surface area contributed by atoms with E-state index in [4.69, 9.17) is 9.47 Å². The van der Waals surface area contributed by atoms with Crippen molar-refractivity contribution in [3.05, 3.63) is 113 Å². The van der Waals surface area contributed by atoms with Gasteiger partial charge in [0.25, 0.3) is 0 Å². The van der Waals surface area contributed by atoms with Gasteiger partial charge in [0.2, 0.25) is 24.5 Å². The lowest BCUT2D eigenvalue weighted by Gasteiger charge is -2.59. The number of H-pyrrole nitrogens is 1. The fourth-order valence-electron chi connectivity index (χ4n) is 12.9. The molecule has 3 saturated carbocycles. The van der Waals surface area contributed by atoms with Crippen LogP contribution in [0.4, 0.5) is 18.9 Å². The molecule has 0 radical (unpaired) electrons. The van der Waals surface area contributed by atoms with Crippen LogP contribution in [0, 0.1) is 41.4 Å². The number of carbonyl (C=O) groups is 3. The maximum atomic E-state index is 13.6. The SMILES string of the molecule is C=C1C=C[C@@]2(C)[C@@H](CC[C@@H]3[C@@H]2CC[C@]2(C)[C@@H](C(=O)Nc4cc(C)ccc4C(F)(F)F)CC[C@@H]32)N1.CN1CC(=O)N2[C@H](c3ccc4c(c3)OCO4)c3[nH]c4ccccc4c3C[C@@H]2C1=O. The summed E-state index contributed by atoms with van der Waals surface area (Å²) >= 11 is 0. The number of ether oxygens (including phenoxy) is 2. The Balaban J connectivity index is 0.000000151. The lowest BCUT2D eigenvalue weighted by atomic mass is 9.48. The molecule has 7 aliphatic rings. The van der Waals surface area contributed by atoms with Gasteiger partial charge in [-0.1, -0.05) is 56.8 Å². The second-order valence-electron chi connectivity index (χ2n) is 19.4. The number of aromatic nitrogens is 1. The molecular formula is C50H54F3N5O5. The minimum absolute atomic E-state index is 0.0220. The van der Waals surface area contributed by atoms with E-state index in [2.05, 4.69) is 54.3 Å². The van der Waals surface area contributed by atoms with Crippen molar-refractivity contribution in [3.8, 4) is 11.5 Å². The number of nitrogens with zero attached hydrogens (tertiary/aromatic N) is 2. The van der Waals surface area contributed by atoms with Crippen LogP contribution in [0.1, 0.15) is 86.4 Å². The molecule has 3 N–H and O–H groups in total. The lowest BCUT2D eigenvalue weighted by molar-refractivity contribution is -0.157. The first-order chi connectivity index (χ1) is 30.0. The molecule has 0 bridgehead atoms. The molecule has 63 heavy (non-hydrogen) atoms. The molecule has 0 spiro atoms. The zero-order chi connectivity index (χ0) is 44.2. The van der Waals surface area contributed by atoms with Crippen molar-refractivity contribution >= 4 is 34.3 Å². The largest absolute Gasteiger partial charge is 0.454 e. The third kappa shape index (κ3) is 6.70. The fourth-order valence-corrected chi connectivity index (χ4v) is 12.9. The van der Waals surface area contributed by atoms with E-state index in [-0.39, 0.29) is 59.5 Å². The van der Waals surface area contributed by atoms with Crippen molar-refractivity contribution in [1.82, 2.24) is 20.1 Å². The van der Waals surface area contributed by atoms with Gasteiger partial charge in [0.05, 0.1) is 23.8 Å². The molecule has 1 saturated heterocycles. The van der Waals surface area contributed by atoms with E-state index < -0.39 is 17.8 Å². The van der Waals surface area contributed by atoms with Crippen LogP contribution in [0.5, 0.6) is 11.5 Å². The van der Waals surface area contributed by atoms with Gasteiger partial charge in [0.15, 0.2) is 11.5 Å². The van der Waals surface area contributed by atoms with Gasteiger partial charge in [-0.05, 0) is 122 Å². The van der Waals surface area contributed by atoms with Crippen LogP contribution in [0.3, 0.4) is 0 Å². The number of aryl methyl sites for hydroxylation is 1. The number of piperazine rings is 1. The van der Waals surface area contributed by atoms with Crippen molar-refractivity contribution in [1.29, 1.82) is 0 Å². The molecule has 3 aromatic carbocycles. The molecule has 4 fully saturated rings. The average molecular weight is 862 g/mol. The van der Waals surface area contributed by atoms with Crippen LogP contribution in [0.2, 0.25) is 0 Å². The third-order valence-corrected chi connectivity index (χ3v) is 16.0. The molecule has 330 valence electrons. The van der Waals surface area contributed by atoms with Gasteiger partial charge in [0, 0.05) is 53.1 Å². The number of hydrogen-bond acceptors (Lipinski definition) is 6.